The van der Waals surface area contributed by atoms with Crippen LogP contribution in [0, 0.1) is 0 Å². The fraction of sp³-hybridized carbons (Fsp3) is 0.188. The lowest BCUT2D eigenvalue weighted by Gasteiger charge is -2.26. The summed E-state index contributed by atoms with van der Waals surface area (Å²) in [4.78, 5) is 46.4. The van der Waals surface area contributed by atoms with Crippen molar-refractivity contribution in [2.75, 3.05) is 11.9 Å². The van der Waals surface area contributed by atoms with Crippen LogP contribution in [0.3, 0.4) is 0 Å². The average molecular weight is 629 g/mol. The first-order chi connectivity index (χ1) is 19.8. The molecule has 41 heavy (non-hydrogen) atoms. The second kappa shape index (κ2) is 10.7. The first kappa shape index (κ1) is 27.1. The van der Waals surface area contributed by atoms with Crippen LogP contribution >= 0.6 is 27.3 Å². The molecular weight excluding hydrogens is 602 g/mol. The maximum Gasteiger partial charge on any atom is 0.338 e. The molecule has 7 nitrogen and oxygen atoms in total. The zero-order valence-electron chi connectivity index (χ0n) is 22.6. The van der Waals surface area contributed by atoms with Gasteiger partial charge in [0.05, 0.1) is 29.5 Å². The van der Waals surface area contributed by atoms with Gasteiger partial charge in [0.15, 0.2) is 4.80 Å². The van der Waals surface area contributed by atoms with Gasteiger partial charge in [-0.2, -0.15) is 0 Å². The molecule has 9 heteroatoms. The van der Waals surface area contributed by atoms with Crippen LogP contribution in [-0.4, -0.2) is 23.1 Å². The van der Waals surface area contributed by atoms with E-state index in [1.807, 2.05) is 66.7 Å². The Morgan fingerprint density at radius 2 is 1.80 bits per heavy atom. The molecule has 6 rings (SSSR count). The Hall–Kier alpha value is -4.08. The van der Waals surface area contributed by atoms with Crippen molar-refractivity contribution in [3.8, 4) is 0 Å². The number of benzene rings is 3. The van der Waals surface area contributed by atoms with E-state index in [-0.39, 0.29) is 22.6 Å². The number of aromatic nitrogens is 1. The number of rotatable bonds is 5. The Labute approximate surface area is 248 Å². The SMILES string of the molecule is CCOC(=O)C1=C(c2ccccc2)N=c2s/c(=C3\C(=O)Nc4ccc(Br)cc43)c(=O)n2[C@H]1c1ccc(C(C)C)cc1. The third-order valence-electron chi connectivity index (χ3n) is 7.22. The predicted molar refractivity (Wildman–Crippen MR) is 163 cm³/mol. The van der Waals surface area contributed by atoms with Crippen molar-refractivity contribution in [2.45, 2.75) is 32.7 Å². The van der Waals surface area contributed by atoms with E-state index in [4.69, 9.17) is 9.73 Å². The summed E-state index contributed by atoms with van der Waals surface area (Å²) < 4.78 is 8.12. The van der Waals surface area contributed by atoms with Gasteiger partial charge in [-0.15, -0.1) is 0 Å². The average Bonchev–Trinajstić information content (AvgIpc) is 3.47. The predicted octanol–water partition coefficient (Wildman–Crippen LogP) is 5.14. The Morgan fingerprint density at radius 1 is 1.07 bits per heavy atom. The van der Waals surface area contributed by atoms with E-state index in [0.717, 1.165) is 32.5 Å². The maximum atomic E-state index is 14.3. The van der Waals surface area contributed by atoms with Crippen LogP contribution in [0.25, 0.3) is 11.3 Å². The normalized spacial score (nSPS) is 17.2. The highest BCUT2D eigenvalue weighted by atomic mass is 79.9. The number of halogens is 1. The minimum atomic E-state index is -0.803. The first-order valence-corrected chi connectivity index (χ1v) is 14.9. The third kappa shape index (κ3) is 4.69. The van der Waals surface area contributed by atoms with E-state index < -0.39 is 17.6 Å². The summed E-state index contributed by atoms with van der Waals surface area (Å²) in [5, 5.41) is 2.87. The number of nitrogens with one attached hydrogen (secondary N) is 1. The molecule has 0 saturated heterocycles. The number of carbonyl (C=O) groups is 2. The molecule has 206 valence electrons. The van der Waals surface area contributed by atoms with Crippen molar-refractivity contribution in [3.63, 3.8) is 0 Å². The number of nitrogens with zero attached hydrogens (tertiary/aromatic N) is 2. The van der Waals surface area contributed by atoms with Crippen LogP contribution in [0.15, 0.2) is 92.6 Å². The quantitative estimate of drug-likeness (QED) is 0.310. The van der Waals surface area contributed by atoms with E-state index in [1.54, 1.807) is 13.0 Å². The fourth-order valence-electron chi connectivity index (χ4n) is 5.23. The lowest BCUT2D eigenvalue weighted by atomic mass is 9.91. The molecule has 1 aromatic heterocycles. The smallest absolute Gasteiger partial charge is 0.338 e. The minimum Gasteiger partial charge on any atom is -0.463 e. The molecule has 0 saturated carbocycles. The summed E-state index contributed by atoms with van der Waals surface area (Å²) in [6, 6.07) is 22.0. The fourth-order valence-corrected chi connectivity index (χ4v) is 6.69. The van der Waals surface area contributed by atoms with Gasteiger partial charge in [0.25, 0.3) is 11.5 Å². The summed E-state index contributed by atoms with van der Waals surface area (Å²) in [6.45, 7) is 6.14. The Kier molecular flexibility index (Phi) is 7.09. The van der Waals surface area contributed by atoms with Crippen LogP contribution in [0.2, 0.25) is 0 Å². The van der Waals surface area contributed by atoms with Crippen molar-refractivity contribution < 1.29 is 14.3 Å². The number of ether oxygens (including phenoxy) is 1. The van der Waals surface area contributed by atoms with Crippen LogP contribution in [0.1, 0.15) is 55.0 Å². The standard InChI is InChI=1S/C32H26BrN3O4S/c1-4-40-31(39)25-26(19-8-6-5-7-9-19)35-32-36(27(25)20-12-10-18(11-13-20)17(2)3)30(38)28(41-32)24-22-16-21(33)14-15-23(22)34-29(24)37/h5-17,27H,4H2,1-3H3,(H,34,37)/b28-24-/t27-/m0/s1. The van der Waals surface area contributed by atoms with Gasteiger partial charge in [0.2, 0.25) is 0 Å². The van der Waals surface area contributed by atoms with Crippen molar-refractivity contribution in [2.24, 2.45) is 4.99 Å². The monoisotopic (exact) mass is 627 g/mol. The number of esters is 1. The van der Waals surface area contributed by atoms with Gasteiger partial charge in [-0.25, -0.2) is 9.79 Å². The summed E-state index contributed by atoms with van der Waals surface area (Å²) in [5.74, 6) is -0.582. The maximum absolute atomic E-state index is 14.3. The molecular formula is C32H26BrN3O4S. The van der Waals surface area contributed by atoms with Crippen LogP contribution < -0.4 is 20.2 Å². The highest BCUT2D eigenvalue weighted by Gasteiger charge is 2.36. The first-order valence-electron chi connectivity index (χ1n) is 13.3. The van der Waals surface area contributed by atoms with E-state index in [1.165, 1.54) is 4.57 Å². The minimum absolute atomic E-state index is 0.170. The van der Waals surface area contributed by atoms with Gasteiger partial charge in [-0.3, -0.25) is 14.2 Å². The van der Waals surface area contributed by atoms with Crippen molar-refractivity contribution in [1.82, 2.24) is 4.57 Å². The number of anilines is 1. The van der Waals surface area contributed by atoms with Gasteiger partial charge in [0, 0.05) is 21.3 Å². The molecule has 4 aromatic rings. The van der Waals surface area contributed by atoms with Gasteiger partial charge >= 0.3 is 5.97 Å². The molecule has 0 radical (unpaired) electrons. The highest BCUT2D eigenvalue weighted by Crippen LogP contribution is 2.36. The van der Waals surface area contributed by atoms with Crippen LogP contribution in [0.4, 0.5) is 5.69 Å². The molecule has 2 aliphatic rings. The zero-order chi connectivity index (χ0) is 28.8. The van der Waals surface area contributed by atoms with Gasteiger partial charge in [-0.1, -0.05) is 95.7 Å². The molecule has 0 bridgehead atoms. The van der Waals surface area contributed by atoms with Gasteiger partial charge in [-0.05, 0) is 42.2 Å². The summed E-state index contributed by atoms with van der Waals surface area (Å²) >= 11 is 4.63. The Morgan fingerprint density at radius 3 is 2.49 bits per heavy atom. The zero-order valence-corrected chi connectivity index (χ0v) is 25.0. The number of hydrogen-bond donors (Lipinski definition) is 1. The van der Waals surface area contributed by atoms with Crippen molar-refractivity contribution >= 4 is 56.1 Å². The molecule has 3 heterocycles. The molecule has 1 atom stereocenters. The molecule has 0 fully saturated rings. The molecule has 1 amide bonds. The van der Waals surface area contributed by atoms with E-state index in [0.29, 0.717) is 33.2 Å². The lowest BCUT2D eigenvalue weighted by Crippen LogP contribution is -2.40. The van der Waals surface area contributed by atoms with Gasteiger partial charge in [0.1, 0.15) is 4.53 Å². The summed E-state index contributed by atoms with van der Waals surface area (Å²) in [6.07, 6.45) is 0. The number of fused-ring (bicyclic) bond motifs is 2. The second-order valence-corrected chi connectivity index (χ2v) is 12.0. The van der Waals surface area contributed by atoms with Crippen molar-refractivity contribution in [1.29, 1.82) is 0 Å². The summed E-state index contributed by atoms with van der Waals surface area (Å²) in [7, 11) is 0. The molecule has 0 aliphatic carbocycles. The number of hydrogen-bond acceptors (Lipinski definition) is 6. The highest BCUT2D eigenvalue weighted by molar-refractivity contribution is 9.10. The largest absolute Gasteiger partial charge is 0.463 e. The third-order valence-corrected chi connectivity index (χ3v) is 8.77. The topological polar surface area (TPSA) is 89.8 Å². The Bertz CT molecular complexity index is 1920. The molecule has 0 spiro atoms. The van der Waals surface area contributed by atoms with Crippen LogP contribution in [-0.2, 0) is 14.3 Å². The van der Waals surface area contributed by atoms with Crippen molar-refractivity contribution in [3.05, 3.63) is 125 Å². The lowest BCUT2D eigenvalue weighted by molar-refractivity contribution is -0.138. The Balaban J connectivity index is 1.70. The van der Waals surface area contributed by atoms with Gasteiger partial charge < -0.3 is 10.1 Å². The van der Waals surface area contributed by atoms with E-state index >= 15 is 0 Å². The molecule has 1 N–H and O–H groups in total. The molecule has 2 aliphatic heterocycles. The van der Waals surface area contributed by atoms with Crippen LogP contribution in [0.5, 0.6) is 0 Å². The molecule has 0 unspecified atom stereocenters. The van der Waals surface area contributed by atoms with E-state index in [9.17, 15) is 14.4 Å². The van der Waals surface area contributed by atoms with E-state index in [2.05, 4.69) is 35.1 Å². The molecule has 3 aromatic carbocycles. The number of thiazole rings is 1. The second-order valence-electron chi connectivity index (χ2n) is 10.1. The number of carbonyl (C=O) groups excluding carboxylic acids is 2. The number of amides is 1. The summed E-state index contributed by atoms with van der Waals surface area (Å²) in [5.41, 5.74) is 4.51.